The van der Waals surface area contributed by atoms with E-state index in [4.69, 9.17) is 14.2 Å². The number of para-hydroxylation sites is 1. The summed E-state index contributed by atoms with van der Waals surface area (Å²) >= 11 is 0. The first kappa shape index (κ1) is 20.1. The molecule has 0 spiro atoms. The van der Waals surface area contributed by atoms with Crippen LogP contribution in [0.2, 0.25) is 0 Å². The van der Waals surface area contributed by atoms with Crippen molar-refractivity contribution in [3.63, 3.8) is 0 Å². The predicted molar refractivity (Wildman–Crippen MR) is 109 cm³/mol. The minimum atomic E-state index is -0.610. The number of amides is 1. The van der Waals surface area contributed by atoms with Gasteiger partial charge in [0.15, 0.2) is 6.10 Å². The summed E-state index contributed by atoms with van der Waals surface area (Å²) in [4.78, 5) is 12.8. The lowest BCUT2D eigenvalue weighted by molar-refractivity contribution is -0.128. The zero-order valence-electron chi connectivity index (χ0n) is 17.0. The highest BCUT2D eigenvalue weighted by Crippen LogP contribution is 2.42. The molecule has 0 aliphatic carbocycles. The number of hydrogen-bond acceptors (Lipinski definition) is 4. The molecule has 1 amide bonds. The Morgan fingerprint density at radius 2 is 1.79 bits per heavy atom. The first-order valence-corrected chi connectivity index (χ1v) is 9.89. The molecular weight excluding hydrogens is 354 g/mol. The molecule has 1 aliphatic heterocycles. The first-order chi connectivity index (χ1) is 13.5. The maximum Gasteiger partial charge on any atom is 0.261 e. The second-order valence-electron chi connectivity index (χ2n) is 7.23. The second kappa shape index (κ2) is 8.55. The normalized spacial score (nSPS) is 18.4. The van der Waals surface area contributed by atoms with E-state index in [0.29, 0.717) is 5.75 Å². The Hall–Kier alpha value is -2.69. The van der Waals surface area contributed by atoms with Crippen molar-refractivity contribution in [1.82, 2.24) is 5.32 Å². The quantitative estimate of drug-likeness (QED) is 0.755. The zero-order valence-corrected chi connectivity index (χ0v) is 17.0. The molecule has 0 radical (unpaired) electrons. The highest BCUT2D eigenvalue weighted by atomic mass is 16.5. The molecule has 2 aromatic carbocycles. The summed E-state index contributed by atoms with van der Waals surface area (Å²) in [5, 5.41) is 3.17. The van der Waals surface area contributed by atoms with Gasteiger partial charge in [-0.25, -0.2) is 0 Å². The molecule has 5 nitrogen and oxygen atoms in total. The molecule has 0 unspecified atom stereocenters. The maximum absolute atomic E-state index is 12.8. The molecule has 0 saturated heterocycles. The van der Waals surface area contributed by atoms with Crippen LogP contribution < -0.4 is 19.5 Å². The molecule has 0 aromatic heterocycles. The lowest BCUT2D eigenvalue weighted by Crippen LogP contribution is -2.46. The molecule has 1 aliphatic rings. The topological polar surface area (TPSA) is 56.8 Å². The van der Waals surface area contributed by atoms with Gasteiger partial charge in [0, 0.05) is 12.0 Å². The van der Waals surface area contributed by atoms with Crippen LogP contribution in [0.3, 0.4) is 0 Å². The molecule has 0 fully saturated rings. The van der Waals surface area contributed by atoms with Crippen molar-refractivity contribution in [3.05, 3.63) is 54.1 Å². The van der Waals surface area contributed by atoms with Crippen LogP contribution >= 0.6 is 0 Å². The van der Waals surface area contributed by atoms with Crippen molar-refractivity contribution in [3.8, 4) is 17.2 Å². The number of ether oxygens (including phenoxy) is 3. The van der Waals surface area contributed by atoms with E-state index in [9.17, 15) is 4.79 Å². The molecule has 1 N–H and O–H groups in total. The van der Waals surface area contributed by atoms with Gasteiger partial charge in [-0.2, -0.15) is 0 Å². The number of fused-ring (bicyclic) bond motifs is 1. The van der Waals surface area contributed by atoms with Crippen LogP contribution in [0.4, 0.5) is 0 Å². The Bertz CT molecular complexity index is 799. The summed E-state index contributed by atoms with van der Waals surface area (Å²) in [5.41, 5.74) is 0.761. The largest absolute Gasteiger partial charge is 0.497 e. The standard InChI is InChI=1S/C23H29NO4/c1-5-23(6-2)15-20(19-9-7-8-10-21(19)28-23)24-22(25)16(3)27-18-13-11-17(26-4)12-14-18/h7-14,16,20H,5-6,15H2,1-4H3,(H,24,25)/t16-,20-/m0/s1. The van der Waals surface area contributed by atoms with E-state index in [1.807, 2.05) is 36.4 Å². The third-order valence-electron chi connectivity index (χ3n) is 5.54. The number of benzene rings is 2. The van der Waals surface area contributed by atoms with Crippen LogP contribution in [0, 0.1) is 0 Å². The molecule has 0 bridgehead atoms. The fraction of sp³-hybridized carbons (Fsp3) is 0.435. The van der Waals surface area contributed by atoms with Crippen LogP contribution in [0.5, 0.6) is 17.2 Å². The van der Waals surface area contributed by atoms with Gasteiger partial charge in [0.2, 0.25) is 0 Å². The van der Waals surface area contributed by atoms with E-state index in [-0.39, 0.29) is 17.6 Å². The molecule has 3 rings (SSSR count). The van der Waals surface area contributed by atoms with Crippen LogP contribution in [0.25, 0.3) is 0 Å². The smallest absolute Gasteiger partial charge is 0.261 e. The fourth-order valence-corrected chi connectivity index (χ4v) is 3.63. The number of rotatable bonds is 7. The van der Waals surface area contributed by atoms with Crippen LogP contribution in [-0.4, -0.2) is 24.7 Å². The molecule has 150 valence electrons. The van der Waals surface area contributed by atoms with E-state index >= 15 is 0 Å². The van der Waals surface area contributed by atoms with Crippen molar-refractivity contribution < 1.29 is 19.0 Å². The third kappa shape index (κ3) is 4.24. The van der Waals surface area contributed by atoms with Crippen molar-refractivity contribution >= 4 is 5.91 Å². The van der Waals surface area contributed by atoms with Crippen LogP contribution in [0.15, 0.2) is 48.5 Å². The van der Waals surface area contributed by atoms with Gasteiger partial charge >= 0.3 is 0 Å². The molecule has 5 heteroatoms. The van der Waals surface area contributed by atoms with Gasteiger partial charge in [-0.05, 0) is 50.1 Å². The number of nitrogens with one attached hydrogen (secondary N) is 1. The zero-order chi connectivity index (χ0) is 20.1. The minimum Gasteiger partial charge on any atom is -0.497 e. The van der Waals surface area contributed by atoms with E-state index in [1.165, 1.54) is 0 Å². The first-order valence-electron chi connectivity index (χ1n) is 9.89. The van der Waals surface area contributed by atoms with Crippen LogP contribution in [0.1, 0.15) is 51.6 Å². The van der Waals surface area contributed by atoms with Crippen molar-refractivity contribution in [2.75, 3.05) is 7.11 Å². The highest BCUT2D eigenvalue weighted by Gasteiger charge is 2.39. The molecule has 0 saturated carbocycles. The van der Waals surface area contributed by atoms with Crippen molar-refractivity contribution in [1.29, 1.82) is 0 Å². The molecular formula is C23H29NO4. The van der Waals surface area contributed by atoms with Crippen molar-refractivity contribution in [2.24, 2.45) is 0 Å². The highest BCUT2D eigenvalue weighted by molar-refractivity contribution is 5.81. The summed E-state index contributed by atoms with van der Waals surface area (Å²) in [5.74, 6) is 2.09. The third-order valence-corrected chi connectivity index (χ3v) is 5.54. The fourth-order valence-electron chi connectivity index (χ4n) is 3.63. The van der Waals surface area contributed by atoms with Gasteiger partial charge < -0.3 is 19.5 Å². The van der Waals surface area contributed by atoms with E-state index in [2.05, 4.69) is 19.2 Å². The summed E-state index contributed by atoms with van der Waals surface area (Å²) in [6, 6.07) is 15.1. The number of methoxy groups -OCH3 is 1. The average Bonchev–Trinajstić information content (AvgIpc) is 2.74. The van der Waals surface area contributed by atoms with Gasteiger partial charge in [0.25, 0.3) is 5.91 Å². The summed E-state index contributed by atoms with van der Waals surface area (Å²) in [6.07, 6.45) is 1.92. The molecule has 2 atom stereocenters. The van der Waals surface area contributed by atoms with Crippen LogP contribution in [-0.2, 0) is 4.79 Å². The van der Waals surface area contributed by atoms with E-state index in [1.54, 1.807) is 26.2 Å². The number of hydrogen-bond donors (Lipinski definition) is 1. The Morgan fingerprint density at radius 3 is 2.43 bits per heavy atom. The number of carbonyl (C=O) groups excluding carboxylic acids is 1. The monoisotopic (exact) mass is 383 g/mol. The van der Waals surface area contributed by atoms with Crippen molar-refractivity contribution in [2.45, 2.75) is 57.8 Å². The van der Waals surface area contributed by atoms with E-state index < -0.39 is 6.10 Å². The number of carbonyl (C=O) groups is 1. The van der Waals surface area contributed by atoms with Gasteiger partial charge in [0.05, 0.1) is 13.2 Å². The second-order valence-corrected chi connectivity index (χ2v) is 7.23. The lowest BCUT2D eigenvalue weighted by atomic mass is 9.83. The Kier molecular flexibility index (Phi) is 6.12. The molecule has 2 aromatic rings. The van der Waals surface area contributed by atoms with Gasteiger partial charge in [-0.3, -0.25) is 4.79 Å². The molecule has 28 heavy (non-hydrogen) atoms. The van der Waals surface area contributed by atoms with Gasteiger partial charge in [0.1, 0.15) is 22.8 Å². The van der Waals surface area contributed by atoms with E-state index in [0.717, 1.165) is 36.3 Å². The molecule has 1 heterocycles. The minimum absolute atomic E-state index is 0.0979. The summed E-state index contributed by atoms with van der Waals surface area (Å²) in [6.45, 7) is 6.02. The Labute approximate surface area is 167 Å². The Morgan fingerprint density at radius 1 is 1.14 bits per heavy atom. The Balaban J connectivity index is 1.72. The maximum atomic E-state index is 12.8. The predicted octanol–water partition coefficient (Wildman–Crippen LogP) is 4.66. The lowest BCUT2D eigenvalue weighted by Gasteiger charge is -2.41. The SMILES string of the molecule is CCC1(CC)C[C@H](NC(=O)[C@H](C)Oc2ccc(OC)cc2)c2ccccc2O1. The summed E-state index contributed by atoms with van der Waals surface area (Å²) < 4.78 is 17.3. The average molecular weight is 383 g/mol. The summed E-state index contributed by atoms with van der Waals surface area (Å²) in [7, 11) is 1.62. The van der Waals surface area contributed by atoms with Gasteiger partial charge in [-0.1, -0.05) is 32.0 Å². The van der Waals surface area contributed by atoms with Gasteiger partial charge in [-0.15, -0.1) is 0 Å².